The zero-order valence-corrected chi connectivity index (χ0v) is 13.0. The Kier molecular flexibility index (Phi) is 4.52. The van der Waals surface area contributed by atoms with Gasteiger partial charge in [-0.3, -0.25) is 9.78 Å². The van der Waals surface area contributed by atoms with Crippen LogP contribution in [0.4, 0.5) is 0 Å². The highest BCUT2D eigenvalue weighted by Gasteiger charge is 2.18. The first-order chi connectivity index (χ1) is 9.09. The topological polar surface area (TPSA) is 33.2 Å². The fourth-order valence-corrected chi connectivity index (χ4v) is 2.41. The first-order valence-corrected chi connectivity index (χ1v) is 7.10. The molecule has 0 saturated heterocycles. The molecule has 1 unspecified atom stereocenters. The standard InChI is InChI=1S/C15H15IN2O/c1-11(12-6-8-17-9-7-12)18(2)15(19)13-4-3-5-14(16)10-13/h3-11H,1-2H3. The number of benzene rings is 1. The van der Waals surface area contributed by atoms with Gasteiger partial charge in [-0.2, -0.15) is 0 Å². The van der Waals surface area contributed by atoms with Crippen LogP contribution in [0.5, 0.6) is 0 Å². The van der Waals surface area contributed by atoms with E-state index in [4.69, 9.17) is 0 Å². The largest absolute Gasteiger partial charge is 0.335 e. The maximum atomic E-state index is 12.4. The normalized spacial score (nSPS) is 11.9. The highest BCUT2D eigenvalue weighted by molar-refractivity contribution is 14.1. The lowest BCUT2D eigenvalue weighted by atomic mass is 10.1. The van der Waals surface area contributed by atoms with Crippen molar-refractivity contribution in [2.24, 2.45) is 0 Å². The van der Waals surface area contributed by atoms with Crippen LogP contribution in [0.25, 0.3) is 0 Å². The number of hydrogen-bond donors (Lipinski definition) is 0. The molecule has 0 spiro atoms. The minimum atomic E-state index is 0.0216. The molecule has 3 nitrogen and oxygen atoms in total. The van der Waals surface area contributed by atoms with Crippen molar-refractivity contribution in [3.05, 3.63) is 63.5 Å². The number of hydrogen-bond acceptors (Lipinski definition) is 2. The molecule has 0 fully saturated rings. The quantitative estimate of drug-likeness (QED) is 0.779. The lowest BCUT2D eigenvalue weighted by Crippen LogP contribution is -2.29. The van der Waals surface area contributed by atoms with Gasteiger partial charge in [0.25, 0.3) is 5.91 Å². The minimum Gasteiger partial charge on any atom is -0.335 e. The average molecular weight is 366 g/mol. The summed E-state index contributed by atoms with van der Waals surface area (Å²) >= 11 is 2.21. The number of aromatic nitrogens is 1. The molecular weight excluding hydrogens is 351 g/mol. The molecule has 0 aliphatic heterocycles. The Balaban J connectivity index is 2.20. The number of carbonyl (C=O) groups excluding carboxylic acids is 1. The Morgan fingerprint density at radius 2 is 1.95 bits per heavy atom. The Morgan fingerprint density at radius 1 is 1.26 bits per heavy atom. The molecular formula is C15H15IN2O. The third kappa shape index (κ3) is 3.32. The van der Waals surface area contributed by atoms with E-state index in [1.165, 1.54) is 0 Å². The summed E-state index contributed by atoms with van der Waals surface area (Å²) in [5, 5.41) is 0. The molecule has 98 valence electrons. The number of halogens is 1. The molecule has 19 heavy (non-hydrogen) atoms. The Morgan fingerprint density at radius 3 is 2.58 bits per heavy atom. The van der Waals surface area contributed by atoms with Crippen LogP contribution in [0, 0.1) is 3.57 Å². The molecule has 4 heteroatoms. The monoisotopic (exact) mass is 366 g/mol. The van der Waals surface area contributed by atoms with E-state index < -0.39 is 0 Å². The summed E-state index contributed by atoms with van der Waals surface area (Å²) in [6, 6.07) is 11.5. The molecule has 1 atom stereocenters. The van der Waals surface area contributed by atoms with Gasteiger partial charge in [0, 0.05) is 28.6 Å². The summed E-state index contributed by atoms with van der Waals surface area (Å²) in [7, 11) is 1.83. The molecule has 0 N–H and O–H groups in total. The maximum Gasteiger partial charge on any atom is 0.254 e. The summed E-state index contributed by atoms with van der Waals surface area (Å²) in [6.45, 7) is 2.02. The summed E-state index contributed by atoms with van der Waals surface area (Å²) < 4.78 is 1.06. The van der Waals surface area contributed by atoms with E-state index in [9.17, 15) is 4.79 Å². The number of carbonyl (C=O) groups is 1. The van der Waals surface area contributed by atoms with Crippen LogP contribution in [-0.2, 0) is 0 Å². The van der Waals surface area contributed by atoms with Gasteiger partial charge in [-0.25, -0.2) is 0 Å². The predicted molar refractivity (Wildman–Crippen MR) is 83.9 cm³/mol. The number of rotatable bonds is 3. The van der Waals surface area contributed by atoms with Crippen LogP contribution in [-0.4, -0.2) is 22.8 Å². The van der Waals surface area contributed by atoms with Gasteiger partial charge in [0.1, 0.15) is 0 Å². The molecule has 1 heterocycles. The lowest BCUT2D eigenvalue weighted by Gasteiger charge is -2.25. The Labute approximate surface area is 126 Å². The maximum absolute atomic E-state index is 12.4. The molecule has 0 bridgehead atoms. The van der Waals surface area contributed by atoms with Gasteiger partial charge in [-0.15, -0.1) is 0 Å². The molecule has 1 amide bonds. The van der Waals surface area contributed by atoms with Gasteiger partial charge >= 0.3 is 0 Å². The first-order valence-electron chi connectivity index (χ1n) is 6.02. The number of nitrogens with zero attached hydrogens (tertiary/aromatic N) is 2. The van der Waals surface area contributed by atoms with E-state index in [0.29, 0.717) is 0 Å². The molecule has 0 saturated carbocycles. The minimum absolute atomic E-state index is 0.0216. The molecule has 0 aliphatic rings. The van der Waals surface area contributed by atoms with Gasteiger partial charge in [0.05, 0.1) is 6.04 Å². The molecule has 1 aromatic carbocycles. The zero-order valence-electron chi connectivity index (χ0n) is 10.9. The highest BCUT2D eigenvalue weighted by atomic mass is 127. The van der Waals surface area contributed by atoms with Gasteiger partial charge in [-0.05, 0) is 65.4 Å². The van der Waals surface area contributed by atoms with Crippen LogP contribution in [0.2, 0.25) is 0 Å². The van der Waals surface area contributed by atoms with E-state index in [0.717, 1.165) is 14.7 Å². The van der Waals surface area contributed by atoms with Gasteiger partial charge < -0.3 is 4.90 Å². The summed E-state index contributed by atoms with van der Waals surface area (Å²) in [5.74, 6) is 0.0304. The van der Waals surface area contributed by atoms with Crippen LogP contribution >= 0.6 is 22.6 Å². The summed E-state index contributed by atoms with van der Waals surface area (Å²) in [4.78, 5) is 18.2. The fraction of sp³-hybridized carbons (Fsp3) is 0.200. The lowest BCUT2D eigenvalue weighted by molar-refractivity contribution is 0.0742. The second-order valence-electron chi connectivity index (χ2n) is 4.38. The smallest absolute Gasteiger partial charge is 0.254 e. The van der Waals surface area contributed by atoms with Gasteiger partial charge in [-0.1, -0.05) is 6.07 Å². The van der Waals surface area contributed by atoms with Crippen molar-refractivity contribution in [2.75, 3.05) is 7.05 Å². The third-order valence-electron chi connectivity index (χ3n) is 3.16. The fourth-order valence-electron chi connectivity index (χ4n) is 1.87. The first kappa shape index (κ1) is 14.0. The second-order valence-corrected chi connectivity index (χ2v) is 5.63. The molecule has 0 radical (unpaired) electrons. The van der Waals surface area contributed by atoms with Crippen molar-refractivity contribution in [3.8, 4) is 0 Å². The van der Waals surface area contributed by atoms with Crippen molar-refractivity contribution in [3.63, 3.8) is 0 Å². The average Bonchev–Trinajstić information content (AvgIpc) is 2.46. The summed E-state index contributed by atoms with van der Waals surface area (Å²) in [5.41, 5.74) is 1.80. The van der Waals surface area contributed by atoms with Crippen molar-refractivity contribution < 1.29 is 4.79 Å². The molecule has 0 aliphatic carbocycles. The van der Waals surface area contributed by atoms with Crippen molar-refractivity contribution in [1.82, 2.24) is 9.88 Å². The van der Waals surface area contributed by atoms with Gasteiger partial charge in [0.15, 0.2) is 0 Å². The number of pyridine rings is 1. The molecule has 2 aromatic rings. The van der Waals surface area contributed by atoms with E-state index in [2.05, 4.69) is 27.6 Å². The van der Waals surface area contributed by atoms with E-state index in [1.807, 2.05) is 50.4 Å². The van der Waals surface area contributed by atoms with Crippen molar-refractivity contribution in [1.29, 1.82) is 0 Å². The van der Waals surface area contributed by atoms with Gasteiger partial charge in [0.2, 0.25) is 0 Å². The summed E-state index contributed by atoms with van der Waals surface area (Å²) in [6.07, 6.45) is 3.49. The number of amides is 1. The van der Waals surface area contributed by atoms with Crippen molar-refractivity contribution >= 4 is 28.5 Å². The molecule has 2 rings (SSSR count). The zero-order chi connectivity index (χ0) is 13.8. The Hall–Kier alpha value is -1.43. The SMILES string of the molecule is CC(c1ccncc1)N(C)C(=O)c1cccc(I)c1. The Bertz CT molecular complexity index is 571. The van der Waals surface area contributed by atoms with Crippen LogP contribution in [0.15, 0.2) is 48.8 Å². The van der Waals surface area contributed by atoms with E-state index in [-0.39, 0.29) is 11.9 Å². The van der Waals surface area contributed by atoms with E-state index >= 15 is 0 Å². The predicted octanol–water partition coefficient (Wildman–Crippen LogP) is 3.52. The van der Waals surface area contributed by atoms with Crippen LogP contribution in [0.1, 0.15) is 28.9 Å². The van der Waals surface area contributed by atoms with Crippen molar-refractivity contribution in [2.45, 2.75) is 13.0 Å². The van der Waals surface area contributed by atoms with Crippen LogP contribution in [0.3, 0.4) is 0 Å². The highest BCUT2D eigenvalue weighted by Crippen LogP contribution is 2.20. The second kappa shape index (κ2) is 6.14. The van der Waals surface area contributed by atoms with Crippen LogP contribution < -0.4 is 0 Å². The van der Waals surface area contributed by atoms with E-state index in [1.54, 1.807) is 17.3 Å². The molecule has 1 aromatic heterocycles. The third-order valence-corrected chi connectivity index (χ3v) is 3.83.